The third-order valence-electron chi connectivity index (χ3n) is 9.38. The highest BCUT2D eigenvalue weighted by molar-refractivity contribution is 6.06. The molecule has 8 nitrogen and oxygen atoms in total. The number of aromatic hydroxyl groups is 1. The van der Waals surface area contributed by atoms with Gasteiger partial charge in [-0.3, -0.25) is 14.5 Å². The Kier molecular flexibility index (Phi) is 4.58. The molecular formula is C28H30N2O6. The largest absolute Gasteiger partial charge is 0.504 e. The minimum Gasteiger partial charge on any atom is -0.504 e. The number of carbonyl (C=O) groups excluding carboxylic acids is 2. The van der Waals surface area contributed by atoms with Crippen LogP contribution in [0.4, 0.5) is 0 Å². The number of nitrogens with zero attached hydrogens (tertiary/aromatic N) is 2. The van der Waals surface area contributed by atoms with E-state index in [0.29, 0.717) is 48.6 Å². The third-order valence-corrected chi connectivity index (χ3v) is 9.38. The van der Waals surface area contributed by atoms with Gasteiger partial charge >= 0.3 is 0 Å². The fraction of sp³-hybridized carbons (Fsp3) is 0.500. The van der Waals surface area contributed by atoms with Crippen LogP contribution in [0.3, 0.4) is 0 Å². The summed E-state index contributed by atoms with van der Waals surface area (Å²) < 4.78 is 11.6. The van der Waals surface area contributed by atoms with Crippen LogP contribution in [0.1, 0.15) is 53.6 Å². The van der Waals surface area contributed by atoms with Crippen LogP contribution in [0.25, 0.3) is 6.08 Å². The van der Waals surface area contributed by atoms with Gasteiger partial charge in [0.25, 0.3) is 0 Å². The fourth-order valence-electron chi connectivity index (χ4n) is 7.51. The Morgan fingerprint density at radius 2 is 2.08 bits per heavy atom. The molecule has 5 atom stereocenters. The number of Topliss-reactive ketones (excluding diaryl/α,β-unsaturated/α-hetero) is 1. The molecule has 1 aromatic carbocycles. The zero-order valence-corrected chi connectivity index (χ0v) is 20.2. The Hall–Kier alpha value is -3.10. The first kappa shape index (κ1) is 22.1. The summed E-state index contributed by atoms with van der Waals surface area (Å²) in [5, 5.41) is 23.2. The Bertz CT molecular complexity index is 1280. The fourth-order valence-corrected chi connectivity index (χ4v) is 7.51. The van der Waals surface area contributed by atoms with Crippen LogP contribution in [0.2, 0.25) is 0 Å². The van der Waals surface area contributed by atoms with Crippen molar-refractivity contribution in [3.8, 4) is 11.5 Å². The highest BCUT2D eigenvalue weighted by Crippen LogP contribution is 2.65. The maximum Gasteiger partial charge on any atom is 0.246 e. The van der Waals surface area contributed by atoms with E-state index in [1.54, 1.807) is 42.7 Å². The van der Waals surface area contributed by atoms with Crippen molar-refractivity contribution >= 4 is 17.8 Å². The van der Waals surface area contributed by atoms with Crippen molar-refractivity contribution in [3.05, 3.63) is 53.5 Å². The van der Waals surface area contributed by atoms with Gasteiger partial charge in [-0.2, -0.15) is 0 Å². The second kappa shape index (κ2) is 7.46. The smallest absolute Gasteiger partial charge is 0.246 e. The summed E-state index contributed by atoms with van der Waals surface area (Å²) in [6.07, 6.45) is 9.61. The molecule has 5 aliphatic rings. The summed E-state index contributed by atoms with van der Waals surface area (Å²) in [5.74, 6) is 0.589. The van der Waals surface area contributed by atoms with Crippen molar-refractivity contribution in [1.29, 1.82) is 0 Å². The first-order valence-electron chi connectivity index (χ1n) is 12.9. The van der Waals surface area contributed by atoms with Gasteiger partial charge < -0.3 is 24.3 Å². The van der Waals surface area contributed by atoms with E-state index in [4.69, 9.17) is 9.15 Å². The van der Waals surface area contributed by atoms with E-state index >= 15 is 0 Å². The number of piperidine rings is 1. The summed E-state index contributed by atoms with van der Waals surface area (Å²) in [6, 6.07) is 4.02. The van der Waals surface area contributed by atoms with Gasteiger partial charge in [-0.05, 0) is 62.3 Å². The SMILES string of the molecule is CN(C(=O)/C=C/c1ccoc1)[C@H]1CC[C@@]2(O)[C@H]3C(=O)c4ccc(O)c5c4[C@@]2(CCN3CC2CC2)[C@H]1O5. The van der Waals surface area contributed by atoms with Crippen LogP contribution < -0.4 is 4.74 Å². The topological polar surface area (TPSA) is 103 Å². The van der Waals surface area contributed by atoms with Gasteiger partial charge in [0.2, 0.25) is 5.91 Å². The van der Waals surface area contributed by atoms with Gasteiger partial charge in [0.15, 0.2) is 17.3 Å². The molecule has 36 heavy (non-hydrogen) atoms. The molecule has 2 aliphatic heterocycles. The standard InChI is InChI=1S/C28H30N2O6/c1-29(21(32)7-4-17-9-13-35-15-17)19-8-10-28(34)25-23(33)18-5-6-20(31)24-22(18)27(28,26(19)36-24)11-12-30(25)14-16-2-3-16/h4-7,9,13,15-16,19,25-26,31,34H,2-3,8,10-12,14H2,1H3/b7-4+/t19-,25+,26-,27-,28+/m0/s1. The Morgan fingerprint density at radius 3 is 2.83 bits per heavy atom. The zero-order chi connectivity index (χ0) is 24.8. The molecule has 2 aromatic rings. The van der Waals surface area contributed by atoms with E-state index in [9.17, 15) is 19.8 Å². The van der Waals surface area contributed by atoms with Crippen molar-refractivity contribution in [2.24, 2.45) is 5.92 Å². The number of phenols is 1. The molecule has 2 bridgehead atoms. The van der Waals surface area contributed by atoms with Crippen molar-refractivity contribution in [2.45, 2.75) is 61.3 Å². The summed E-state index contributed by atoms with van der Waals surface area (Å²) in [7, 11) is 1.76. The predicted molar refractivity (Wildman–Crippen MR) is 130 cm³/mol. The number of aliphatic hydroxyl groups is 1. The first-order chi connectivity index (χ1) is 17.3. The van der Waals surface area contributed by atoms with E-state index in [1.807, 2.05) is 0 Å². The summed E-state index contributed by atoms with van der Waals surface area (Å²) >= 11 is 0. The molecule has 1 amide bonds. The lowest BCUT2D eigenvalue weighted by molar-refractivity contribution is -0.187. The lowest BCUT2D eigenvalue weighted by atomic mass is 9.48. The van der Waals surface area contributed by atoms with Crippen LogP contribution in [-0.2, 0) is 10.2 Å². The van der Waals surface area contributed by atoms with Gasteiger partial charge in [0.05, 0.1) is 24.0 Å². The second-order valence-corrected chi connectivity index (χ2v) is 11.2. The van der Waals surface area contributed by atoms with Crippen LogP contribution in [0, 0.1) is 5.92 Å². The molecule has 3 heterocycles. The number of phenolic OH excluding ortho intramolecular Hbond substituents is 1. The number of furan rings is 1. The number of rotatable bonds is 5. The van der Waals surface area contributed by atoms with E-state index < -0.39 is 23.2 Å². The molecular weight excluding hydrogens is 460 g/mol. The number of hydrogen-bond donors (Lipinski definition) is 2. The number of ether oxygens (including phenoxy) is 1. The number of amides is 1. The molecule has 3 aliphatic carbocycles. The molecule has 7 rings (SSSR count). The average Bonchev–Trinajstić information content (AvgIpc) is 3.38. The van der Waals surface area contributed by atoms with Gasteiger partial charge in [-0.1, -0.05) is 0 Å². The lowest BCUT2D eigenvalue weighted by Crippen LogP contribution is -2.79. The van der Waals surface area contributed by atoms with E-state index in [2.05, 4.69) is 4.90 Å². The van der Waals surface area contributed by atoms with Crippen molar-refractivity contribution in [3.63, 3.8) is 0 Å². The normalized spacial score (nSPS) is 34.5. The number of carbonyl (C=O) groups is 2. The lowest BCUT2D eigenvalue weighted by Gasteiger charge is -2.63. The Labute approximate surface area is 209 Å². The molecule has 2 saturated carbocycles. The van der Waals surface area contributed by atoms with E-state index in [1.165, 1.54) is 25.0 Å². The number of likely N-dealkylation sites (N-methyl/N-ethyl adjacent to an activating group) is 1. The summed E-state index contributed by atoms with van der Waals surface area (Å²) in [6.45, 7) is 1.50. The van der Waals surface area contributed by atoms with Crippen molar-refractivity contribution in [2.75, 3.05) is 20.1 Å². The summed E-state index contributed by atoms with van der Waals surface area (Å²) in [5.41, 5.74) is -0.206. The molecule has 1 spiro atoms. The minimum atomic E-state index is -1.32. The van der Waals surface area contributed by atoms with Crippen LogP contribution in [-0.4, -0.2) is 75.6 Å². The average molecular weight is 491 g/mol. The zero-order valence-electron chi connectivity index (χ0n) is 20.2. The van der Waals surface area contributed by atoms with Gasteiger partial charge in [-0.25, -0.2) is 0 Å². The van der Waals surface area contributed by atoms with Crippen LogP contribution in [0.15, 0.2) is 41.2 Å². The quantitative estimate of drug-likeness (QED) is 0.621. The van der Waals surface area contributed by atoms with Gasteiger partial charge in [-0.15, -0.1) is 0 Å². The molecule has 2 N–H and O–H groups in total. The molecule has 3 fully saturated rings. The van der Waals surface area contributed by atoms with Crippen molar-refractivity contribution < 1.29 is 29.0 Å². The summed E-state index contributed by atoms with van der Waals surface area (Å²) in [4.78, 5) is 30.9. The molecule has 0 unspecified atom stereocenters. The number of likely N-dealkylation sites (tertiary alicyclic amines) is 1. The molecule has 1 saturated heterocycles. The molecule has 0 radical (unpaired) electrons. The van der Waals surface area contributed by atoms with E-state index in [-0.39, 0.29) is 23.5 Å². The van der Waals surface area contributed by atoms with Gasteiger partial charge in [0, 0.05) is 42.9 Å². The second-order valence-electron chi connectivity index (χ2n) is 11.2. The number of benzene rings is 1. The van der Waals surface area contributed by atoms with Crippen molar-refractivity contribution in [1.82, 2.24) is 9.80 Å². The van der Waals surface area contributed by atoms with Gasteiger partial charge in [0.1, 0.15) is 17.7 Å². The predicted octanol–water partition coefficient (Wildman–Crippen LogP) is 2.73. The number of hydrogen-bond acceptors (Lipinski definition) is 7. The third kappa shape index (κ3) is 2.77. The molecule has 8 heteroatoms. The highest BCUT2D eigenvalue weighted by Gasteiger charge is 2.75. The maximum absolute atomic E-state index is 13.9. The van der Waals surface area contributed by atoms with Crippen LogP contribution in [0.5, 0.6) is 11.5 Å². The van der Waals surface area contributed by atoms with E-state index in [0.717, 1.165) is 12.1 Å². The van der Waals surface area contributed by atoms with Crippen LogP contribution >= 0.6 is 0 Å². The maximum atomic E-state index is 13.9. The Balaban J connectivity index is 1.31. The first-order valence-corrected chi connectivity index (χ1v) is 12.9. The minimum absolute atomic E-state index is 0.0286. The monoisotopic (exact) mass is 490 g/mol. The Morgan fingerprint density at radius 1 is 1.25 bits per heavy atom. The highest BCUT2D eigenvalue weighted by atomic mass is 16.5. The molecule has 1 aromatic heterocycles. The number of ketones is 1. The molecule has 188 valence electrons.